The minimum Gasteiger partial charge on any atom is -0.497 e. The molecular weight excluding hydrogens is 404 g/mol. The summed E-state index contributed by atoms with van der Waals surface area (Å²) in [7, 11) is 1.60. The van der Waals surface area contributed by atoms with Crippen molar-refractivity contribution in [1.82, 2.24) is 5.32 Å². The summed E-state index contributed by atoms with van der Waals surface area (Å²) in [6, 6.07) is 12.4. The number of benzene rings is 2. The maximum atomic E-state index is 12.3. The summed E-state index contributed by atoms with van der Waals surface area (Å²) < 4.78 is 11.4. The molecule has 0 saturated carbocycles. The fourth-order valence-electron chi connectivity index (χ4n) is 2.00. The van der Waals surface area contributed by atoms with Gasteiger partial charge in [0.1, 0.15) is 11.5 Å². The molecule has 0 unspecified atom stereocenters. The first-order valence-electron chi connectivity index (χ1n) is 7.61. The van der Waals surface area contributed by atoms with E-state index in [-0.39, 0.29) is 17.1 Å². The van der Waals surface area contributed by atoms with Crippen LogP contribution in [0.15, 0.2) is 46.9 Å². The van der Waals surface area contributed by atoms with Crippen LogP contribution >= 0.6 is 28.1 Å². The lowest BCUT2D eigenvalue weighted by atomic mass is 10.2. The number of hydrogen-bond donors (Lipinski definition) is 2. The number of hydrogen-bond acceptors (Lipinski definition) is 4. The van der Waals surface area contributed by atoms with Crippen molar-refractivity contribution in [1.29, 1.82) is 0 Å². The van der Waals surface area contributed by atoms with Crippen LogP contribution in [0.2, 0.25) is 0 Å². The topological polar surface area (TPSA) is 59.6 Å². The summed E-state index contributed by atoms with van der Waals surface area (Å²) in [4.78, 5) is 12.3. The van der Waals surface area contributed by atoms with E-state index >= 15 is 0 Å². The number of thiocarbonyl (C=S) groups is 1. The second-order valence-corrected chi connectivity index (χ2v) is 6.71. The molecule has 25 heavy (non-hydrogen) atoms. The Labute approximate surface area is 160 Å². The summed E-state index contributed by atoms with van der Waals surface area (Å²) in [6.07, 6.45) is 0.0530. The Bertz CT molecular complexity index is 763. The van der Waals surface area contributed by atoms with Gasteiger partial charge in [-0.2, -0.15) is 0 Å². The number of rotatable bonds is 5. The van der Waals surface area contributed by atoms with E-state index in [1.807, 2.05) is 26.0 Å². The second kappa shape index (κ2) is 8.82. The van der Waals surface area contributed by atoms with Gasteiger partial charge in [0.25, 0.3) is 5.91 Å². The molecule has 0 atom stereocenters. The van der Waals surface area contributed by atoms with Crippen LogP contribution < -0.4 is 20.1 Å². The predicted octanol–water partition coefficient (Wildman–Crippen LogP) is 4.37. The number of carbonyl (C=O) groups is 1. The van der Waals surface area contributed by atoms with E-state index in [1.165, 1.54) is 0 Å². The number of methoxy groups -OCH3 is 1. The normalized spacial score (nSPS) is 10.3. The SMILES string of the molecule is COc1ccc(NC(=S)NC(=O)c2ccc(OC(C)C)c(Br)c2)cc1. The van der Waals surface area contributed by atoms with E-state index < -0.39 is 0 Å². The molecule has 0 radical (unpaired) electrons. The van der Waals surface area contributed by atoms with Gasteiger partial charge < -0.3 is 14.8 Å². The van der Waals surface area contributed by atoms with Crippen molar-refractivity contribution in [2.75, 3.05) is 12.4 Å². The van der Waals surface area contributed by atoms with Gasteiger partial charge in [-0.05, 0) is 84.5 Å². The molecule has 0 heterocycles. The first-order chi connectivity index (χ1) is 11.9. The fourth-order valence-corrected chi connectivity index (χ4v) is 2.69. The standard InChI is InChI=1S/C18H19BrN2O3S/c1-11(2)24-16-9-4-12(10-15(16)19)17(22)21-18(25)20-13-5-7-14(23-3)8-6-13/h4-11H,1-3H3,(H2,20,21,22,25). The Hall–Kier alpha value is -2.12. The molecule has 132 valence electrons. The molecule has 7 heteroatoms. The van der Waals surface area contributed by atoms with Crippen molar-refractivity contribution in [3.05, 3.63) is 52.5 Å². The minimum atomic E-state index is -0.303. The van der Waals surface area contributed by atoms with E-state index in [1.54, 1.807) is 37.4 Å². The number of nitrogens with one attached hydrogen (secondary N) is 2. The number of carbonyl (C=O) groups excluding carboxylic acids is 1. The van der Waals surface area contributed by atoms with Crippen molar-refractivity contribution < 1.29 is 14.3 Å². The van der Waals surface area contributed by atoms with Gasteiger partial charge in [-0.25, -0.2) is 0 Å². The lowest BCUT2D eigenvalue weighted by molar-refractivity contribution is 0.0977. The summed E-state index contributed by atoms with van der Waals surface area (Å²) >= 11 is 8.59. The summed E-state index contributed by atoms with van der Waals surface area (Å²) in [5, 5.41) is 5.82. The zero-order valence-corrected chi connectivity index (χ0v) is 16.5. The molecule has 5 nitrogen and oxygen atoms in total. The van der Waals surface area contributed by atoms with E-state index in [0.29, 0.717) is 15.8 Å². The predicted molar refractivity (Wildman–Crippen MR) is 107 cm³/mol. The Morgan fingerprint density at radius 1 is 1.16 bits per heavy atom. The molecule has 2 N–H and O–H groups in total. The lowest BCUT2D eigenvalue weighted by Crippen LogP contribution is -2.34. The van der Waals surface area contributed by atoms with Crippen molar-refractivity contribution in [3.63, 3.8) is 0 Å². The van der Waals surface area contributed by atoms with Crippen LogP contribution in [0.4, 0.5) is 5.69 Å². The second-order valence-electron chi connectivity index (χ2n) is 5.45. The van der Waals surface area contributed by atoms with Crippen molar-refractivity contribution >= 4 is 44.9 Å². The number of halogens is 1. The zero-order chi connectivity index (χ0) is 18.4. The number of ether oxygens (including phenoxy) is 2. The molecule has 2 aromatic carbocycles. The maximum absolute atomic E-state index is 12.3. The molecule has 0 spiro atoms. The highest BCUT2D eigenvalue weighted by Gasteiger charge is 2.11. The largest absolute Gasteiger partial charge is 0.497 e. The van der Waals surface area contributed by atoms with Gasteiger partial charge in [-0.15, -0.1) is 0 Å². The third kappa shape index (κ3) is 5.72. The molecule has 0 bridgehead atoms. The molecule has 0 aliphatic heterocycles. The monoisotopic (exact) mass is 422 g/mol. The van der Waals surface area contributed by atoms with E-state index in [2.05, 4.69) is 26.6 Å². The first kappa shape index (κ1) is 19.2. The number of anilines is 1. The zero-order valence-electron chi connectivity index (χ0n) is 14.1. The maximum Gasteiger partial charge on any atom is 0.257 e. The molecule has 2 rings (SSSR count). The van der Waals surface area contributed by atoms with Gasteiger partial charge >= 0.3 is 0 Å². The van der Waals surface area contributed by atoms with Crippen LogP contribution in [0.1, 0.15) is 24.2 Å². The average molecular weight is 423 g/mol. The average Bonchev–Trinajstić information content (AvgIpc) is 2.56. The molecular formula is C18H19BrN2O3S. The highest BCUT2D eigenvalue weighted by Crippen LogP contribution is 2.27. The Kier molecular flexibility index (Phi) is 6.78. The molecule has 0 saturated heterocycles. The molecule has 0 aromatic heterocycles. The van der Waals surface area contributed by atoms with E-state index in [9.17, 15) is 4.79 Å². The third-order valence-corrected chi connectivity index (χ3v) is 3.96. The Balaban J connectivity index is 1.98. The van der Waals surface area contributed by atoms with Gasteiger partial charge in [0.05, 0.1) is 17.7 Å². The highest BCUT2D eigenvalue weighted by molar-refractivity contribution is 9.10. The molecule has 0 fully saturated rings. The molecule has 1 amide bonds. The van der Waals surface area contributed by atoms with Crippen LogP contribution in [0, 0.1) is 0 Å². The van der Waals surface area contributed by atoms with Crippen LogP contribution in [0.5, 0.6) is 11.5 Å². The summed E-state index contributed by atoms with van der Waals surface area (Å²) in [5.74, 6) is 1.13. The highest BCUT2D eigenvalue weighted by atomic mass is 79.9. The van der Waals surface area contributed by atoms with Crippen molar-refractivity contribution in [2.24, 2.45) is 0 Å². The quantitative estimate of drug-likeness (QED) is 0.700. The van der Waals surface area contributed by atoms with Gasteiger partial charge in [-0.3, -0.25) is 10.1 Å². The van der Waals surface area contributed by atoms with E-state index in [4.69, 9.17) is 21.7 Å². The molecule has 2 aromatic rings. The number of amides is 1. The summed E-state index contributed by atoms with van der Waals surface area (Å²) in [5.41, 5.74) is 1.23. The minimum absolute atomic E-state index is 0.0530. The van der Waals surface area contributed by atoms with Gasteiger partial charge in [0.2, 0.25) is 0 Å². The Morgan fingerprint density at radius 3 is 2.40 bits per heavy atom. The Morgan fingerprint density at radius 2 is 1.84 bits per heavy atom. The van der Waals surface area contributed by atoms with Crippen molar-refractivity contribution in [2.45, 2.75) is 20.0 Å². The summed E-state index contributed by atoms with van der Waals surface area (Å²) in [6.45, 7) is 3.88. The van der Waals surface area contributed by atoms with Crippen LogP contribution in [-0.2, 0) is 0 Å². The van der Waals surface area contributed by atoms with Gasteiger partial charge in [0, 0.05) is 11.3 Å². The van der Waals surface area contributed by atoms with Crippen molar-refractivity contribution in [3.8, 4) is 11.5 Å². The fraction of sp³-hybridized carbons (Fsp3) is 0.222. The molecule has 0 aliphatic rings. The van der Waals surface area contributed by atoms with Crippen LogP contribution in [0.3, 0.4) is 0 Å². The van der Waals surface area contributed by atoms with Gasteiger partial charge in [0.15, 0.2) is 5.11 Å². The lowest BCUT2D eigenvalue weighted by Gasteiger charge is -2.13. The van der Waals surface area contributed by atoms with E-state index in [0.717, 1.165) is 11.4 Å². The van der Waals surface area contributed by atoms with Crippen LogP contribution in [-0.4, -0.2) is 24.2 Å². The van der Waals surface area contributed by atoms with Gasteiger partial charge in [-0.1, -0.05) is 0 Å². The van der Waals surface area contributed by atoms with Crippen LogP contribution in [0.25, 0.3) is 0 Å². The molecule has 0 aliphatic carbocycles. The smallest absolute Gasteiger partial charge is 0.257 e. The third-order valence-electron chi connectivity index (χ3n) is 3.13. The first-order valence-corrected chi connectivity index (χ1v) is 8.81.